The smallest absolute Gasteiger partial charge is 0.333 e. The number of benzene rings is 3. The molecule has 0 bridgehead atoms. The molecule has 1 aliphatic heterocycles. The number of hydrogen-bond donors (Lipinski definition) is 1. The zero-order chi connectivity index (χ0) is 21.1. The minimum Gasteiger partial charge on any atom is -0.488 e. The van der Waals surface area contributed by atoms with Gasteiger partial charge in [-0.2, -0.15) is 0 Å². The lowest BCUT2D eigenvalue weighted by Gasteiger charge is -2.11. The van der Waals surface area contributed by atoms with Gasteiger partial charge >= 0.3 is 6.03 Å². The lowest BCUT2D eigenvalue weighted by molar-refractivity contribution is -0.113. The Kier molecular flexibility index (Phi) is 5.63. The second kappa shape index (κ2) is 8.51. The van der Waals surface area contributed by atoms with Crippen LogP contribution in [0.1, 0.15) is 11.1 Å². The number of rotatable bonds is 5. The highest BCUT2D eigenvalue weighted by Gasteiger charge is 2.34. The topological polar surface area (TPSA) is 58.6 Å². The van der Waals surface area contributed by atoms with E-state index in [1.807, 2.05) is 6.07 Å². The van der Waals surface area contributed by atoms with Crippen molar-refractivity contribution in [2.45, 2.75) is 6.61 Å². The van der Waals surface area contributed by atoms with Gasteiger partial charge < -0.3 is 10.1 Å². The molecule has 1 saturated heterocycles. The molecule has 30 heavy (non-hydrogen) atoms. The molecule has 3 amide bonds. The van der Waals surface area contributed by atoms with E-state index in [9.17, 15) is 14.0 Å². The van der Waals surface area contributed by atoms with Gasteiger partial charge in [0, 0.05) is 0 Å². The van der Waals surface area contributed by atoms with Gasteiger partial charge in [-0.15, -0.1) is 0 Å². The number of ether oxygens (including phenoxy) is 1. The van der Waals surface area contributed by atoms with Crippen LogP contribution in [0.25, 0.3) is 6.08 Å². The first-order valence-corrected chi connectivity index (χ1v) is 9.89. The van der Waals surface area contributed by atoms with Crippen LogP contribution in [0.4, 0.5) is 14.9 Å². The predicted molar refractivity (Wildman–Crippen MR) is 115 cm³/mol. The molecule has 1 N–H and O–H groups in total. The Bertz CT molecular complexity index is 1150. The zero-order valence-corrected chi connectivity index (χ0v) is 17.2. The van der Waals surface area contributed by atoms with E-state index >= 15 is 0 Å². The SMILES string of the molecule is O=C1NC(=Cc2ccc(OCc3cccc(F)c3)c(Br)c2)C(=O)N1c1ccccc1. The third kappa shape index (κ3) is 4.26. The molecular formula is C23H16BrFN2O3. The van der Waals surface area contributed by atoms with Crippen molar-refractivity contribution < 1.29 is 18.7 Å². The fourth-order valence-electron chi connectivity index (χ4n) is 3.03. The first-order valence-electron chi connectivity index (χ1n) is 9.10. The number of imide groups is 1. The van der Waals surface area contributed by atoms with Gasteiger partial charge in [-0.05, 0) is 69.5 Å². The molecule has 5 nitrogen and oxygen atoms in total. The molecule has 7 heteroatoms. The monoisotopic (exact) mass is 466 g/mol. The van der Waals surface area contributed by atoms with E-state index in [0.29, 0.717) is 27.0 Å². The maximum atomic E-state index is 13.3. The van der Waals surface area contributed by atoms with Gasteiger partial charge in [-0.25, -0.2) is 14.1 Å². The van der Waals surface area contributed by atoms with Gasteiger partial charge in [0.05, 0.1) is 10.2 Å². The molecule has 1 heterocycles. The molecular weight excluding hydrogens is 451 g/mol. The summed E-state index contributed by atoms with van der Waals surface area (Å²) in [6.45, 7) is 0.220. The number of nitrogens with zero attached hydrogens (tertiary/aromatic N) is 1. The first-order chi connectivity index (χ1) is 14.5. The number of nitrogens with one attached hydrogen (secondary N) is 1. The molecule has 0 unspecified atom stereocenters. The summed E-state index contributed by atoms with van der Waals surface area (Å²) in [5.41, 5.74) is 2.11. The minimum absolute atomic E-state index is 0.184. The molecule has 1 aliphatic rings. The summed E-state index contributed by atoms with van der Waals surface area (Å²) in [4.78, 5) is 26.0. The van der Waals surface area contributed by atoms with Crippen LogP contribution in [0.5, 0.6) is 5.75 Å². The second-order valence-corrected chi connectivity index (χ2v) is 7.43. The van der Waals surface area contributed by atoms with Crippen LogP contribution < -0.4 is 15.0 Å². The molecule has 0 aromatic heterocycles. The number of hydrogen-bond acceptors (Lipinski definition) is 3. The van der Waals surface area contributed by atoms with E-state index in [1.54, 1.807) is 60.7 Å². The lowest BCUT2D eigenvalue weighted by Crippen LogP contribution is -2.30. The molecule has 0 saturated carbocycles. The van der Waals surface area contributed by atoms with E-state index in [0.717, 1.165) is 4.90 Å². The highest BCUT2D eigenvalue weighted by molar-refractivity contribution is 9.10. The summed E-state index contributed by atoms with van der Waals surface area (Å²) in [5.74, 6) is -0.159. The van der Waals surface area contributed by atoms with Gasteiger partial charge in [0.25, 0.3) is 5.91 Å². The quantitative estimate of drug-likeness (QED) is 0.411. The largest absolute Gasteiger partial charge is 0.488 e. The summed E-state index contributed by atoms with van der Waals surface area (Å²) < 4.78 is 19.7. The van der Waals surface area contributed by atoms with Crippen LogP contribution in [0, 0.1) is 5.82 Å². The van der Waals surface area contributed by atoms with Crippen LogP contribution in [0.15, 0.2) is 83.0 Å². The number of carbonyl (C=O) groups excluding carboxylic acids is 2. The van der Waals surface area contributed by atoms with Gasteiger partial charge in [0.2, 0.25) is 0 Å². The van der Waals surface area contributed by atoms with Crippen LogP contribution in [0.3, 0.4) is 0 Å². The Hall–Kier alpha value is -3.45. The van der Waals surface area contributed by atoms with Gasteiger partial charge in [0.15, 0.2) is 0 Å². The molecule has 150 valence electrons. The number of amides is 3. The van der Waals surface area contributed by atoms with Crippen molar-refractivity contribution in [1.82, 2.24) is 5.32 Å². The molecule has 0 radical (unpaired) electrons. The standard InChI is InChI=1S/C23H16BrFN2O3/c24-19-12-15(9-10-21(19)30-14-16-5-4-6-17(25)11-16)13-20-22(28)27(23(29)26-20)18-7-2-1-3-8-18/h1-13H,14H2,(H,26,29). The normalized spacial score (nSPS) is 14.9. The molecule has 0 spiro atoms. The maximum Gasteiger partial charge on any atom is 0.333 e. The number of carbonyl (C=O) groups is 2. The number of para-hydroxylation sites is 1. The van der Waals surface area contributed by atoms with E-state index in [2.05, 4.69) is 21.2 Å². The average Bonchev–Trinajstić information content (AvgIpc) is 3.01. The summed E-state index contributed by atoms with van der Waals surface area (Å²) in [7, 11) is 0. The fourth-order valence-corrected chi connectivity index (χ4v) is 3.54. The van der Waals surface area contributed by atoms with Gasteiger partial charge in [0.1, 0.15) is 23.9 Å². The predicted octanol–water partition coefficient (Wildman–Crippen LogP) is 5.26. The summed E-state index contributed by atoms with van der Waals surface area (Å²) in [5, 5.41) is 2.60. The fraction of sp³-hybridized carbons (Fsp3) is 0.0435. The molecule has 0 atom stereocenters. The molecule has 1 fully saturated rings. The van der Waals surface area contributed by atoms with Crippen LogP contribution in [0.2, 0.25) is 0 Å². The Balaban J connectivity index is 1.50. The number of anilines is 1. The Labute approximate surface area is 180 Å². The third-order valence-electron chi connectivity index (χ3n) is 4.44. The molecule has 4 rings (SSSR count). The van der Waals surface area contributed by atoms with Crippen LogP contribution >= 0.6 is 15.9 Å². The second-order valence-electron chi connectivity index (χ2n) is 6.57. The van der Waals surface area contributed by atoms with Crippen molar-refractivity contribution in [1.29, 1.82) is 0 Å². The minimum atomic E-state index is -0.494. The van der Waals surface area contributed by atoms with E-state index in [1.165, 1.54) is 12.1 Å². The summed E-state index contributed by atoms with van der Waals surface area (Å²) in [6, 6.07) is 19.7. The van der Waals surface area contributed by atoms with E-state index in [4.69, 9.17) is 4.74 Å². The molecule has 3 aromatic rings. The Morgan fingerprint density at radius 3 is 2.53 bits per heavy atom. The highest BCUT2D eigenvalue weighted by Crippen LogP contribution is 2.29. The van der Waals surface area contributed by atoms with Crippen molar-refractivity contribution in [2.75, 3.05) is 4.90 Å². The molecule has 3 aromatic carbocycles. The number of urea groups is 1. The summed E-state index contributed by atoms with van der Waals surface area (Å²) >= 11 is 3.45. The van der Waals surface area contributed by atoms with Gasteiger partial charge in [-0.1, -0.05) is 36.4 Å². The van der Waals surface area contributed by atoms with Crippen molar-refractivity contribution in [3.05, 3.63) is 99.9 Å². The summed E-state index contributed by atoms with van der Waals surface area (Å²) in [6.07, 6.45) is 1.60. The maximum absolute atomic E-state index is 13.3. The third-order valence-corrected chi connectivity index (χ3v) is 5.06. The van der Waals surface area contributed by atoms with Crippen LogP contribution in [-0.2, 0) is 11.4 Å². The zero-order valence-electron chi connectivity index (χ0n) is 15.6. The van der Waals surface area contributed by atoms with Crippen LogP contribution in [-0.4, -0.2) is 11.9 Å². The Morgan fingerprint density at radius 2 is 1.80 bits per heavy atom. The van der Waals surface area contributed by atoms with Crippen molar-refractivity contribution in [2.24, 2.45) is 0 Å². The Morgan fingerprint density at radius 1 is 1.00 bits per heavy atom. The van der Waals surface area contributed by atoms with Crippen molar-refractivity contribution >= 4 is 39.6 Å². The van der Waals surface area contributed by atoms with E-state index < -0.39 is 11.9 Å². The molecule has 0 aliphatic carbocycles. The highest BCUT2D eigenvalue weighted by atomic mass is 79.9. The van der Waals surface area contributed by atoms with Crippen molar-refractivity contribution in [3.8, 4) is 5.75 Å². The number of halogens is 2. The average molecular weight is 467 g/mol. The van der Waals surface area contributed by atoms with Crippen molar-refractivity contribution in [3.63, 3.8) is 0 Å². The first kappa shape index (κ1) is 19.8. The lowest BCUT2D eigenvalue weighted by atomic mass is 10.1. The van der Waals surface area contributed by atoms with Gasteiger partial charge in [-0.3, -0.25) is 4.79 Å². The van der Waals surface area contributed by atoms with E-state index in [-0.39, 0.29) is 18.1 Å².